The average molecular weight is 362 g/mol. The molecule has 0 fully saturated rings. The summed E-state index contributed by atoms with van der Waals surface area (Å²) in [5.41, 5.74) is 3.14. The van der Waals surface area contributed by atoms with Crippen molar-refractivity contribution in [2.75, 3.05) is 5.33 Å². The number of hydrogen-bond donors (Lipinski definition) is 0. The van der Waals surface area contributed by atoms with Crippen molar-refractivity contribution in [3.63, 3.8) is 0 Å². The number of halogens is 3. The highest BCUT2D eigenvalue weighted by atomic mass is 79.9. The lowest BCUT2D eigenvalue weighted by Gasteiger charge is -2.13. The fraction of sp³-hybridized carbons (Fsp3) is 0.357. The number of benzene rings is 1. The molecule has 1 heterocycles. The van der Waals surface area contributed by atoms with Crippen LogP contribution in [0.1, 0.15) is 31.0 Å². The lowest BCUT2D eigenvalue weighted by molar-refractivity contribution is 0.793. The van der Waals surface area contributed by atoms with Gasteiger partial charge in [0, 0.05) is 11.0 Å². The minimum absolute atomic E-state index is 0.420. The fourth-order valence-electron chi connectivity index (χ4n) is 2.09. The second kappa shape index (κ2) is 6.29. The van der Waals surface area contributed by atoms with Crippen molar-refractivity contribution in [3.05, 3.63) is 45.7 Å². The van der Waals surface area contributed by atoms with Crippen LogP contribution in [0.2, 0.25) is 10.0 Å². The third-order valence-corrected chi connectivity index (χ3v) is 4.01. The zero-order valence-corrected chi connectivity index (χ0v) is 13.9. The van der Waals surface area contributed by atoms with E-state index in [0.29, 0.717) is 16.0 Å². The molecule has 0 atom stereocenters. The van der Waals surface area contributed by atoms with Gasteiger partial charge in [0.05, 0.1) is 16.2 Å². The van der Waals surface area contributed by atoms with Crippen molar-refractivity contribution in [2.24, 2.45) is 0 Å². The summed E-state index contributed by atoms with van der Waals surface area (Å²) >= 11 is 16.0. The number of alkyl halides is 1. The Morgan fingerprint density at radius 2 is 1.89 bits per heavy atom. The first-order valence-corrected chi connectivity index (χ1v) is 8.01. The van der Waals surface area contributed by atoms with Crippen LogP contribution in [0.15, 0.2) is 24.4 Å². The van der Waals surface area contributed by atoms with Crippen molar-refractivity contribution in [1.29, 1.82) is 0 Å². The van der Waals surface area contributed by atoms with E-state index in [9.17, 15) is 0 Å². The van der Waals surface area contributed by atoms with Crippen molar-refractivity contribution >= 4 is 39.1 Å². The molecule has 1 aromatic heterocycles. The predicted octanol–water partition coefficient (Wildman–Crippen LogP) is 5.24. The van der Waals surface area contributed by atoms with Crippen molar-refractivity contribution < 1.29 is 0 Å². The van der Waals surface area contributed by atoms with Crippen LogP contribution in [0, 0.1) is 0 Å². The van der Waals surface area contributed by atoms with Crippen LogP contribution in [0.25, 0.3) is 5.69 Å². The second-order valence-corrected chi connectivity index (χ2v) is 6.23. The summed E-state index contributed by atoms with van der Waals surface area (Å²) in [5, 5.41) is 6.58. The summed E-state index contributed by atoms with van der Waals surface area (Å²) in [6.45, 7) is 4.32. The van der Waals surface area contributed by atoms with Crippen LogP contribution in [-0.2, 0) is 6.42 Å². The van der Waals surface area contributed by atoms with Gasteiger partial charge in [0.15, 0.2) is 0 Å². The molecule has 0 amide bonds. The molecule has 0 bridgehead atoms. The summed E-state index contributed by atoms with van der Waals surface area (Å²) in [6.07, 6.45) is 2.79. The normalized spacial score (nSPS) is 11.3. The molecule has 1 aromatic carbocycles. The Hall–Kier alpha value is -0.510. The molecular weight excluding hydrogens is 347 g/mol. The van der Waals surface area contributed by atoms with Gasteiger partial charge in [-0.05, 0) is 30.0 Å². The Balaban J connectivity index is 2.62. The average Bonchev–Trinajstić information content (AvgIpc) is 2.73. The third-order valence-electron chi connectivity index (χ3n) is 3.00. The van der Waals surface area contributed by atoms with Crippen LogP contribution in [0.5, 0.6) is 0 Å². The molecule has 5 heteroatoms. The molecule has 0 saturated heterocycles. The summed E-state index contributed by atoms with van der Waals surface area (Å²) in [6, 6.07) is 5.50. The molecule has 102 valence electrons. The number of nitrogens with zero attached hydrogens (tertiary/aromatic N) is 2. The monoisotopic (exact) mass is 360 g/mol. The SMILES string of the molecule is CC(C)c1cnn(-c2c(Cl)cccc2Cl)c1CCBr. The van der Waals surface area contributed by atoms with Crippen molar-refractivity contribution in [3.8, 4) is 5.69 Å². The first-order chi connectivity index (χ1) is 9.06. The first-order valence-electron chi connectivity index (χ1n) is 6.13. The topological polar surface area (TPSA) is 17.8 Å². The Morgan fingerprint density at radius 1 is 1.26 bits per heavy atom. The van der Waals surface area contributed by atoms with Gasteiger partial charge in [-0.2, -0.15) is 5.10 Å². The Morgan fingerprint density at radius 3 is 2.42 bits per heavy atom. The molecular formula is C14H15BrCl2N2. The summed E-state index contributed by atoms with van der Waals surface area (Å²) in [7, 11) is 0. The maximum atomic E-state index is 6.27. The van der Waals surface area contributed by atoms with Gasteiger partial charge in [0.25, 0.3) is 0 Å². The molecule has 0 unspecified atom stereocenters. The summed E-state index contributed by atoms with van der Waals surface area (Å²) in [4.78, 5) is 0. The van der Waals surface area contributed by atoms with E-state index >= 15 is 0 Å². The van der Waals surface area contributed by atoms with E-state index in [1.54, 1.807) is 0 Å². The van der Waals surface area contributed by atoms with E-state index in [4.69, 9.17) is 23.2 Å². The molecule has 0 aliphatic rings. The number of rotatable bonds is 4. The van der Waals surface area contributed by atoms with E-state index in [2.05, 4.69) is 34.9 Å². The van der Waals surface area contributed by atoms with Gasteiger partial charge >= 0.3 is 0 Å². The van der Waals surface area contributed by atoms with Crippen LogP contribution in [0.4, 0.5) is 0 Å². The number of aromatic nitrogens is 2. The maximum Gasteiger partial charge on any atom is 0.102 e. The molecule has 2 rings (SSSR count). The molecule has 19 heavy (non-hydrogen) atoms. The minimum Gasteiger partial charge on any atom is -0.234 e. The smallest absolute Gasteiger partial charge is 0.102 e. The molecule has 0 aliphatic carbocycles. The van der Waals surface area contributed by atoms with Crippen LogP contribution in [-0.4, -0.2) is 15.1 Å². The maximum absolute atomic E-state index is 6.27. The van der Waals surface area contributed by atoms with E-state index < -0.39 is 0 Å². The van der Waals surface area contributed by atoms with Crippen molar-refractivity contribution in [1.82, 2.24) is 9.78 Å². The molecule has 0 saturated carbocycles. The molecule has 2 aromatic rings. The van der Waals surface area contributed by atoms with E-state index in [1.165, 1.54) is 5.56 Å². The molecule has 0 aliphatic heterocycles. The van der Waals surface area contributed by atoms with E-state index in [-0.39, 0.29) is 0 Å². The lowest BCUT2D eigenvalue weighted by atomic mass is 10.0. The largest absolute Gasteiger partial charge is 0.234 e. The van der Waals surface area contributed by atoms with Gasteiger partial charge in [-0.1, -0.05) is 59.0 Å². The standard InChI is InChI=1S/C14H15BrCl2N2/c1-9(2)10-8-18-19(13(10)6-7-15)14-11(16)4-3-5-12(14)17/h3-5,8-9H,6-7H2,1-2H3. The highest BCUT2D eigenvalue weighted by Crippen LogP contribution is 2.31. The fourth-order valence-corrected chi connectivity index (χ4v) is 3.03. The van der Waals surface area contributed by atoms with Crippen LogP contribution >= 0.6 is 39.1 Å². The lowest BCUT2D eigenvalue weighted by Crippen LogP contribution is -2.06. The predicted molar refractivity (Wildman–Crippen MR) is 85.2 cm³/mol. The van der Waals surface area contributed by atoms with Gasteiger partial charge in [-0.25, -0.2) is 4.68 Å². The zero-order valence-electron chi connectivity index (χ0n) is 10.8. The minimum atomic E-state index is 0.420. The van der Waals surface area contributed by atoms with E-state index in [1.807, 2.05) is 29.1 Å². The Labute approximate surface area is 131 Å². The van der Waals surface area contributed by atoms with Gasteiger partial charge < -0.3 is 0 Å². The quantitative estimate of drug-likeness (QED) is 0.681. The second-order valence-electron chi connectivity index (χ2n) is 4.62. The summed E-state index contributed by atoms with van der Waals surface area (Å²) < 4.78 is 1.86. The van der Waals surface area contributed by atoms with Crippen LogP contribution < -0.4 is 0 Å². The number of para-hydroxylation sites is 1. The highest BCUT2D eigenvalue weighted by Gasteiger charge is 2.17. The first kappa shape index (κ1) is 14.9. The number of hydrogen-bond acceptors (Lipinski definition) is 1. The van der Waals surface area contributed by atoms with Crippen LogP contribution in [0.3, 0.4) is 0 Å². The molecule has 2 nitrogen and oxygen atoms in total. The van der Waals surface area contributed by atoms with Gasteiger partial charge in [-0.3, -0.25) is 0 Å². The van der Waals surface area contributed by atoms with Gasteiger partial charge in [0.1, 0.15) is 5.69 Å². The molecule has 0 spiro atoms. The molecule has 0 N–H and O–H groups in total. The van der Waals surface area contributed by atoms with Crippen molar-refractivity contribution in [2.45, 2.75) is 26.2 Å². The zero-order chi connectivity index (χ0) is 14.0. The Bertz CT molecular complexity index is 559. The van der Waals surface area contributed by atoms with E-state index in [0.717, 1.165) is 23.1 Å². The third kappa shape index (κ3) is 2.99. The summed E-state index contributed by atoms with van der Waals surface area (Å²) in [5.74, 6) is 0.420. The highest BCUT2D eigenvalue weighted by molar-refractivity contribution is 9.09. The molecule has 0 radical (unpaired) electrons. The Kier molecular flexibility index (Phi) is 4.93. The van der Waals surface area contributed by atoms with Gasteiger partial charge in [0.2, 0.25) is 0 Å². The van der Waals surface area contributed by atoms with Gasteiger partial charge in [-0.15, -0.1) is 0 Å².